The molecule has 0 fully saturated rings. The fourth-order valence-electron chi connectivity index (χ4n) is 3.48. The molecule has 6 nitrogen and oxygen atoms in total. The van der Waals surface area contributed by atoms with Crippen molar-refractivity contribution < 1.29 is 9.53 Å². The zero-order valence-electron chi connectivity index (χ0n) is 14.7. The van der Waals surface area contributed by atoms with Gasteiger partial charge < -0.3 is 15.4 Å². The zero-order valence-corrected chi connectivity index (χ0v) is 15.5. The van der Waals surface area contributed by atoms with Gasteiger partial charge in [0.15, 0.2) is 0 Å². The Hall–Kier alpha value is -2.28. The predicted molar refractivity (Wildman–Crippen MR) is 104 cm³/mol. The van der Waals surface area contributed by atoms with Crippen LogP contribution < -0.4 is 20.7 Å². The maximum atomic E-state index is 11.6. The zero-order chi connectivity index (χ0) is 17.8. The minimum Gasteiger partial charge on any atom is -0.478 e. The van der Waals surface area contributed by atoms with Crippen LogP contribution in [0.3, 0.4) is 0 Å². The first-order valence-corrected chi connectivity index (χ1v) is 10.1. The fraction of sp³-hybridized carbons (Fsp3) is 0.474. The van der Waals surface area contributed by atoms with E-state index in [-0.39, 0.29) is 6.03 Å². The molecular formula is C19H24N4O2S. The summed E-state index contributed by atoms with van der Waals surface area (Å²) in [5, 5.41) is 11.2. The van der Waals surface area contributed by atoms with Crippen LogP contribution in [0.1, 0.15) is 29.7 Å². The lowest BCUT2D eigenvalue weighted by molar-refractivity contribution is 0.252. The highest BCUT2D eigenvalue weighted by Gasteiger charge is 2.18. The van der Waals surface area contributed by atoms with Gasteiger partial charge >= 0.3 is 6.03 Å². The van der Waals surface area contributed by atoms with E-state index in [1.54, 1.807) is 0 Å². The number of aromatic nitrogens is 1. The van der Waals surface area contributed by atoms with E-state index in [2.05, 4.69) is 32.4 Å². The second-order valence-electron chi connectivity index (χ2n) is 6.84. The van der Waals surface area contributed by atoms with Gasteiger partial charge in [-0.05, 0) is 61.1 Å². The van der Waals surface area contributed by atoms with E-state index in [0.717, 1.165) is 37.3 Å². The van der Waals surface area contributed by atoms with Crippen LogP contribution in [0.25, 0.3) is 0 Å². The van der Waals surface area contributed by atoms with Crippen LogP contribution in [0.2, 0.25) is 0 Å². The number of carbonyl (C=O) groups is 1. The molecule has 2 aromatic rings. The molecule has 26 heavy (non-hydrogen) atoms. The molecule has 2 aliphatic heterocycles. The topological polar surface area (TPSA) is 75.3 Å². The Labute approximate surface area is 157 Å². The Morgan fingerprint density at radius 3 is 3.15 bits per heavy atom. The van der Waals surface area contributed by atoms with Crippen molar-refractivity contribution in [3.63, 3.8) is 0 Å². The van der Waals surface area contributed by atoms with E-state index in [1.165, 1.54) is 23.4 Å². The van der Waals surface area contributed by atoms with Crippen LogP contribution >= 0.6 is 11.3 Å². The number of amides is 2. The molecule has 0 aliphatic carbocycles. The Balaban J connectivity index is 1.20. The normalized spacial score (nSPS) is 18.6. The van der Waals surface area contributed by atoms with Crippen LogP contribution in [0.15, 0.2) is 23.6 Å². The number of unbranched alkanes of at least 4 members (excludes halogenated alkanes) is 1. The molecule has 1 atom stereocenters. The second kappa shape index (κ2) is 7.95. The second-order valence-corrected chi connectivity index (χ2v) is 7.84. The third kappa shape index (κ3) is 4.09. The molecule has 2 aromatic heterocycles. The first kappa shape index (κ1) is 17.1. The van der Waals surface area contributed by atoms with Gasteiger partial charge in [0, 0.05) is 29.7 Å². The first-order chi connectivity index (χ1) is 12.8. The Kier molecular flexibility index (Phi) is 5.24. The summed E-state index contributed by atoms with van der Waals surface area (Å²) in [6.07, 6.45) is 5.36. The molecule has 0 spiro atoms. The van der Waals surface area contributed by atoms with E-state index >= 15 is 0 Å². The van der Waals surface area contributed by atoms with Gasteiger partial charge in [-0.25, -0.2) is 4.79 Å². The molecule has 0 radical (unpaired) electrons. The van der Waals surface area contributed by atoms with Gasteiger partial charge in [0.05, 0.1) is 6.61 Å². The van der Waals surface area contributed by atoms with E-state index in [1.807, 2.05) is 23.5 Å². The number of hydrogen-bond donors (Lipinski definition) is 3. The smallest absolute Gasteiger partial charge is 0.320 e. The van der Waals surface area contributed by atoms with E-state index in [0.29, 0.717) is 24.8 Å². The number of ether oxygens (including phenoxy) is 1. The molecule has 3 N–H and O–H groups in total. The Bertz CT molecular complexity index is 777. The van der Waals surface area contributed by atoms with Gasteiger partial charge in [-0.15, -0.1) is 11.3 Å². The van der Waals surface area contributed by atoms with Crippen LogP contribution in [0.4, 0.5) is 16.3 Å². The van der Waals surface area contributed by atoms with Crippen LogP contribution in [0.5, 0.6) is 5.88 Å². The van der Waals surface area contributed by atoms with Crippen LogP contribution in [-0.2, 0) is 12.8 Å². The molecule has 4 rings (SSSR count). The van der Waals surface area contributed by atoms with Crippen molar-refractivity contribution in [3.05, 3.63) is 34.0 Å². The number of fused-ring (bicyclic) bond motifs is 2. The number of carbonyl (C=O) groups excluding carboxylic acids is 1. The number of anilines is 2. The van der Waals surface area contributed by atoms with Gasteiger partial charge in [0.1, 0.15) is 5.82 Å². The molecule has 2 aliphatic rings. The van der Waals surface area contributed by atoms with E-state index in [4.69, 9.17) is 4.74 Å². The summed E-state index contributed by atoms with van der Waals surface area (Å²) >= 11 is 1.85. The van der Waals surface area contributed by atoms with Crippen molar-refractivity contribution in [2.45, 2.75) is 32.1 Å². The summed E-state index contributed by atoms with van der Waals surface area (Å²) < 4.78 is 5.79. The monoisotopic (exact) mass is 372 g/mol. The van der Waals surface area contributed by atoms with Crippen molar-refractivity contribution in [3.8, 4) is 5.88 Å². The van der Waals surface area contributed by atoms with Crippen molar-refractivity contribution in [1.29, 1.82) is 0 Å². The number of nitrogens with zero attached hydrogens (tertiary/aromatic N) is 1. The number of pyridine rings is 1. The minimum atomic E-state index is -0.205. The van der Waals surface area contributed by atoms with Gasteiger partial charge in [0.2, 0.25) is 5.88 Å². The number of nitrogens with one attached hydrogen (secondary N) is 3. The molecule has 7 heteroatoms. The van der Waals surface area contributed by atoms with Crippen molar-refractivity contribution in [2.75, 3.05) is 30.3 Å². The third-order valence-corrected chi connectivity index (χ3v) is 5.87. The maximum Gasteiger partial charge on any atom is 0.320 e. The molecule has 2 amide bonds. The number of rotatable bonds is 6. The van der Waals surface area contributed by atoms with Crippen LogP contribution in [0, 0.1) is 5.92 Å². The quantitative estimate of drug-likeness (QED) is 0.677. The van der Waals surface area contributed by atoms with E-state index < -0.39 is 0 Å². The molecule has 4 heterocycles. The van der Waals surface area contributed by atoms with Crippen molar-refractivity contribution >= 4 is 28.9 Å². The van der Waals surface area contributed by atoms with Crippen LogP contribution in [-0.4, -0.2) is 30.7 Å². The van der Waals surface area contributed by atoms with E-state index in [9.17, 15) is 4.79 Å². The number of thiophene rings is 1. The van der Waals surface area contributed by atoms with Gasteiger partial charge in [0.25, 0.3) is 0 Å². The first-order valence-electron chi connectivity index (χ1n) is 9.26. The lowest BCUT2D eigenvalue weighted by Crippen LogP contribution is -2.27. The summed E-state index contributed by atoms with van der Waals surface area (Å²) in [7, 11) is 0. The maximum absolute atomic E-state index is 11.6. The number of urea groups is 1. The predicted octanol–water partition coefficient (Wildman–Crippen LogP) is 3.65. The lowest BCUT2D eigenvalue weighted by Gasteiger charge is -2.23. The SMILES string of the molecule is O=C1NCCc2ccc(OCCCCC3CNc4ccsc4C3)nc2N1. The molecule has 0 bridgehead atoms. The standard InChI is InChI=1S/C19H24N4O2S/c24-19-20-8-6-14-4-5-17(22-18(14)23-19)25-9-2-1-3-13-11-16-15(21-12-13)7-10-26-16/h4-5,7,10,13,21H,1-3,6,8-9,11-12H2,(H2,20,22,23,24). The van der Waals surface area contributed by atoms with Gasteiger partial charge in [-0.3, -0.25) is 5.32 Å². The highest BCUT2D eigenvalue weighted by molar-refractivity contribution is 7.10. The minimum absolute atomic E-state index is 0.205. The average molecular weight is 372 g/mol. The highest BCUT2D eigenvalue weighted by Crippen LogP contribution is 2.31. The Morgan fingerprint density at radius 2 is 2.19 bits per heavy atom. The van der Waals surface area contributed by atoms with Gasteiger partial charge in [-0.1, -0.05) is 0 Å². The summed E-state index contributed by atoms with van der Waals surface area (Å²) in [5.74, 6) is 1.90. The molecular weight excluding hydrogens is 348 g/mol. The summed E-state index contributed by atoms with van der Waals surface area (Å²) in [6, 6.07) is 5.84. The summed E-state index contributed by atoms with van der Waals surface area (Å²) in [5.41, 5.74) is 2.36. The molecule has 138 valence electrons. The molecule has 0 saturated carbocycles. The fourth-order valence-corrected chi connectivity index (χ4v) is 4.45. The largest absolute Gasteiger partial charge is 0.478 e. The summed E-state index contributed by atoms with van der Waals surface area (Å²) in [4.78, 5) is 17.5. The molecule has 1 unspecified atom stereocenters. The number of hydrogen-bond acceptors (Lipinski definition) is 5. The molecule has 0 saturated heterocycles. The van der Waals surface area contributed by atoms with Crippen molar-refractivity contribution in [2.24, 2.45) is 5.92 Å². The highest BCUT2D eigenvalue weighted by atomic mass is 32.1. The summed E-state index contributed by atoms with van der Waals surface area (Å²) in [6.45, 7) is 2.36. The average Bonchev–Trinajstić information content (AvgIpc) is 3.02. The lowest BCUT2D eigenvalue weighted by atomic mass is 9.94. The van der Waals surface area contributed by atoms with Crippen molar-refractivity contribution in [1.82, 2.24) is 10.3 Å². The third-order valence-electron chi connectivity index (χ3n) is 4.92. The van der Waals surface area contributed by atoms with Gasteiger partial charge in [-0.2, -0.15) is 4.98 Å². The molecule has 0 aromatic carbocycles. The Morgan fingerprint density at radius 1 is 1.23 bits per heavy atom.